The van der Waals surface area contributed by atoms with Gasteiger partial charge >= 0.3 is 0 Å². The summed E-state index contributed by atoms with van der Waals surface area (Å²) < 4.78 is 44.6. The Bertz CT molecular complexity index is 1020. The van der Waals surface area contributed by atoms with Gasteiger partial charge in [0.25, 0.3) is 5.56 Å². The smallest absolute Gasteiger partial charge is 0.271 e. The zero-order valence-electron chi connectivity index (χ0n) is 11.1. The van der Waals surface area contributed by atoms with Crippen LogP contribution >= 0.6 is 11.5 Å². The molecular weight excluding hydrogens is 321 g/mol. The van der Waals surface area contributed by atoms with E-state index in [2.05, 4.69) is 4.37 Å². The van der Waals surface area contributed by atoms with E-state index in [-0.39, 0.29) is 10.2 Å². The molecule has 0 aliphatic heterocycles. The molecule has 0 bridgehead atoms. The third kappa shape index (κ3) is 1.82. The van der Waals surface area contributed by atoms with Gasteiger partial charge in [0.2, 0.25) is 5.43 Å². The predicted octanol–water partition coefficient (Wildman–Crippen LogP) is 1.88. The summed E-state index contributed by atoms with van der Waals surface area (Å²) in [6.45, 7) is 1.05. The van der Waals surface area contributed by atoms with Crippen LogP contribution in [0.15, 0.2) is 15.7 Å². The fraction of sp³-hybridized carbons (Fsp3) is 0.231. The Balaban J connectivity index is 2.73. The summed E-state index contributed by atoms with van der Waals surface area (Å²) in [6, 6.07) is -0.191. The lowest BCUT2D eigenvalue weighted by molar-refractivity contribution is 0.243. The molecule has 22 heavy (non-hydrogen) atoms. The van der Waals surface area contributed by atoms with Crippen LogP contribution in [0.4, 0.5) is 13.2 Å². The molecule has 3 rings (SSSR count). The van der Waals surface area contributed by atoms with Gasteiger partial charge in [0.05, 0.1) is 23.6 Å². The van der Waals surface area contributed by atoms with Crippen LogP contribution in [0.5, 0.6) is 0 Å². The molecule has 2 aromatic heterocycles. The van der Waals surface area contributed by atoms with Gasteiger partial charge < -0.3 is 9.67 Å². The molecule has 2 heterocycles. The van der Waals surface area contributed by atoms with Gasteiger partial charge in [0.1, 0.15) is 10.2 Å². The average Bonchev–Trinajstić information content (AvgIpc) is 2.88. The van der Waals surface area contributed by atoms with Crippen molar-refractivity contribution in [3.8, 4) is 0 Å². The fourth-order valence-corrected chi connectivity index (χ4v) is 3.34. The molecule has 5 nitrogen and oxygen atoms in total. The number of aromatic nitrogens is 2. The Hall–Kier alpha value is -2.13. The number of fused-ring (bicyclic) bond motifs is 2. The van der Waals surface area contributed by atoms with Crippen LogP contribution in [-0.2, 0) is 0 Å². The van der Waals surface area contributed by atoms with Crippen LogP contribution in [0.3, 0.4) is 0 Å². The first kappa shape index (κ1) is 14.8. The molecule has 0 aliphatic rings. The van der Waals surface area contributed by atoms with E-state index in [1.807, 2.05) is 0 Å². The van der Waals surface area contributed by atoms with Crippen molar-refractivity contribution >= 4 is 32.7 Å². The second kappa shape index (κ2) is 4.96. The monoisotopic (exact) mass is 330 g/mol. The molecule has 0 aliphatic carbocycles. The zero-order chi connectivity index (χ0) is 16.2. The molecule has 3 aromatic rings. The van der Waals surface area contributed by atoms with Crippen molar-refractivity contribution in [3.05, 3.63) is 44.1 Å². The van der Waals surface area contributed by atoms with Crippen LogP contribution in [-0.4, -0.2) is 20.7 Å². The van der Waals surface area contributed by atoms with Gasteiger partial charge in [-0.1, -0.05) is 0 Å². The summed E-state index contributed by atoms with van der Waals surface area (Å²) >= 11 is 0.764. The first-order chi connectivity index (χ1) is 10.4. The molecule has 0 saturated carbocycles. The minimum Gasteiger partial charge on any atom is -0.394 e. The lowest BCUT2D eigenvalue weighted by Gasteiger charge is -2.18. The first-order valence-corrected chi connectivity index (χ1v) is 7.03. The summed E-state index contributed by atoms with van der Waals surface area (Å²) in [5, 5.41) is 8.60. The maximum atomic E-state index is 14.2. The SMILES string of the molecule is C[C@@H](CO)n1c2s[nH]c(=O)c2c(=O)c2cc(F)c(F)c(F)c21. The van der Waals surface area contributed by atoms with Crippen molar-refractivity contribution in [3.63, 3.8) is 0 Å². The van der Waals surface area contributed by atoms with E-state index >= 15 is 0 Å². The number of hydrogen-bond donors (Lipinski definition) is 2. The van der Waals surface area contributed by atoms with E-state index in [4.69, 9.17) is 0 Å². The maximum absolute atomic E-state index is 14.2. The van der Waals surface area contributed by atoms with Gasteiger partial charge in [-0.25, -0.2) is 13.2 Å². The Morgan fingerprint density at radius 2 is 2.00 bits per heavy atom. The summed E-state index contributed by atoms with van der Waals surface area (Å²) in [6.07, 6.45) is 0. The summed E-state index contributed by atoms with van der Waals surface area (Å²) in [5.74, 6) is -4.76. The van der Waals surface area contributed by atoms with Crippen LogP contribution < -0.4 is 11.0 Å². The molecule has 1 atom stereocenters. The highest BCUT2D eigenvalue weighted by Crippen LogP contribution is 2.28. The minimum atomic E-state index is -1.71. The molecular formula is C13H9F3N2O3S. The number of aromatic amines is 1. The second-order valence-electron chi connectivity index (χ2n) is 4.83. The second-order valence-corrected chi connectivity index (χ2v) is 5.62. The van der Waals surface area contributed by atoms with Gasteiger partial charge in [0, 0.05) is 0 Å². The molecule has 116 valence electrons. The average molecular weight is 330 g/mol. The largest absolute Gasteiger partial charge is 0.394 e. The Morgan fingerprint density at radius 1 is 1.32 bits per heavy atom. The molecule has 0 fully saturated rings. The number of rotatable bonds is 2. The standard InChI is InChI=1S/C13H9F3N2O3S/c1-4(3-19)18-10-5(2-6(14)8(15)9(10)16)11(20)7-12(21)17-22-13(7)18/h2,4,19H,3H2,1H3,(H,17,21)/t4-/m0/s1. The topological polar surface area (TPSA) is 75.1 Å². The zero-order valence-corrected chi connectivity index (χ0v) is 11.9. The number of aliphatic hydroxyl groups is 1. The Morgan fingerprint density at radius 3 is 2.64 bits per heavy atom. The molecule has 0 unspecified atom stereocenters. The number of aliphatic hydroxyl groups excluding tert-OH is 1. The van der Waals surface area contributed by atoms with Crippen LogP contribution in [0, 0.1) is 17.5 Å². The number of hydrogen-bond acceptors (Lipinski definition) is 4. The van der Waals surface area contributed by atoms with Crippen molar-refractivity contribution in [2.24, 2.45) is 0 Å². The lowest BCUT2D eigenvalue weighted by atomic mass is 10.1. The molecule has 1 aromatic carbocycles. The first-order valence-electron chi connectivity index (χ1n) is 6.22. The van der Waals surface area contributed by atoms with Crippen molar-refractivity contribution in [1.82, 2.24) is 8.94 Å². The minimum absolute atomic E-state index is 0.0639. The maximum Gasteiger partial charge on any atom is 0.271 e. The fourth-order valence-electron chi connectivity index (χ4n) is 2.40. The van der Waals surface area contributed by atoms with E-state index in [9.17, 15) is 27.9 Å². The Kier molecular flexibility index (Phi) is 3.33. The van der Waals surface area contributed by atoms with E-state index in [1.165, 1.54) is 6.92 Å². The highest BCUT2D eigenvalue weighted by molar-refractivity contribution is 7.12. The number of H-pyrrole nitrogens is 1. The van der Waals surface area contributed by atoms with Gasteiger partial charge in [-0.2, -0.15) is 0 Å². The van der Waals surface area contributed by atoms with E-state index in [0.717, 1.165) is 16.1 Å². The van der Waals surface area contributed by atoms with Gasteiger partial charge in [0.15, 0.2) is 17.5 Å². The lowest BCUT2D eigenvalue weighted by Crippen LogP contribution is -2.20. The third-order valence-corrected chi connectivity index (χ3v) is 4.34. The molecule has 2 N–H and O–H groups in total. The Labute approximate surface area is 124 Å². The quantitative estimate of drug-likeness (QED) is 0.705. The van der Waals surface area contributed by atoms with Crippen molar-refractivity contribution in [1.29, 1.82) is 0 Å². The number of nitrogens with zero attached hydrogens (tertiary/aromatic N) is 1. The predicted molar refractivity (Wildman–Crippen MR) is 75.9 cm³/mol. The number of nitrogens with one attached hydrogen (secondary N) is 1. The van der Waals surface area contributed by atoms with Gasteiger partial charge in [-0.3, -0.25) is 14.0 Å². The number of benzene rings is 1. The van der Waals surface area contributed by atoms with Crippen molar-refractivity contribution in [2.75, 3.05) is 6.61 Å². The molecule has 0 amide bonds. The number of halogens is 3. The van der Waals surface area contributed by atoms with Crippen molar-refractivity contribution in [2.45, 2.75) is 13.0 Å². The molecule has 9 heteroatoms. The third-order valence-electron chi connectivity index (χ3n) is 3.45. The van der Waals surface area contributed by atoms with Gasteiger partial charge in [-0.15, -0.1) is 0 Å². The van der Waals surface area contributed by atoms with E-state index in [0.29, 0.717) is 6.07 Å². The summed E-state index contributed by atoms with van der Waals surface area (Å²) in [4.78, 5) is 24.1. The molecule has 0 radical (unpaired) electrons. The van der Waals surface area contributed by atoms with Crippen LogP contribution in [0.25, 0.3) is 21.1 Å². The van der Waals surface area contributed by atoms with Crippen LogP contribution in [0.2, 0.25) is 0 Å². The highest BCUT2D eigenvalue weighted by Gasteiger charge is 2.24. The number of pyridine rings is 1. The normalized spacial score (nSPS) is 13.1. The van der Waals surface area contributed by atoms with Crippen LogP contribution in [0.1, 0.15) is 13.0 Å². The molecule has 0 saturated heterocycles. The highest BCUT2D eigenvalue weighted by atomic mass is 32.1. The van der Waals surface area contributed by atoms with E-state index < -0.39 is 52.0 Å². The van der Waals surface area contributed by atoms with E-state index in [1.54, 1.807) is 0 Å². The molecule has 0 spiro atoms. The summed E-state index contributed by atoms with van der Waals surface area (Å²) in [7, 11) is 0. The van der Waals surface area contributed by atoms with Gasteiger partial charge in [-0.05, 0) is 24.5 Å². The summed E-state index contributed by atoms with van der Waals surface area (Å²) in [5.41, 5.74) is -2.06. The van der Waals surface area contributed by atoms with Crippen molar-refractivity contribution < 1.29 is 18.3 Å².